The minimum Gasteiger partial charge on any atom is -0.0689 e. The number of hydrogen-bond donors (Lipinski definition) is 0. The summed E-state index contributed by atoms with van der Waals surface area (Å²) in [7, 11) is 0. The molecule has 2 aromatic carbocycles. The minimum absolute atomic E-state index is 1.04. The van der Waals surface area contributed by atoms with Crippen molar-refractivity contribution >= 4 is 0 Å². The fourth-order valence-corrected chi connectivity index (χ4v) is 3.06. The molecule has 0 nitrogen and oxygen atoms in total. The molecule has 0 aliphatic rings. The quantitative estimate of drug-likeness (QED) is 0.344. The Labute approximate surface area is 172 Å². The lowest BCUT2D eigenvalue weighted by Crippen LogP contribution is -1.86. The highest BCUT2D eigenvalue weighted by atomic mass is 14.0. The lowest BCUT2D eigenvalue weighted by Gasteiger charge is -2.01. The van der Waals surface area contributed by atoms with E-state index in [9.17, 15) is 0 Å². The second kappa shape index (κ2) is 13.5. The van der Waals surface area contributed by atoms with Crippen LogP contribution in [0.25, 0.3) is 0 Å². The highest BCUT2D eigenvalue weighted by molar-refractivity contribution is 5.42. The van der Waals surface area contributed by atoms with E-state index in [1.807, 2.05) is 12.2 Å². The molecule has 0 heteroatoms. The third-order valence-corrected chi connectivity index (χ3v) is 4.70. The zero-order chi connectivity index (χ0) is 19.9. The summed E-state index contributed by atoms with van der Waals surface area (Å²) in [6.07, 6.45) is 13.8. The number of allylic oxidation sites excluding steroid dienone is 2. The van der Waals surface area contributed by atoms with E-state index >= 15 is 0 Å². The van der Waals surface area contributed by atoms with Gasteiger partial charge in [0.1, 0.15) is 0 Å². The Hall–Kier alpha value is -2.70. The average Bonchev–Trinajstić information content (AvgIpc) is 2.73. The van der Waals surface area contributed by atoms with Crippen molar-refractivity contribution in [2.45, 2.75) is 65.2 Å². The number of rotatable bonds is 8. The van der Waals surface area contributed by atoms with Gasteiger partial charge in [-0.15, -0.1) is 0 Å². The molecule has 0 aromatic heterocycles. The average molecular weight is 369 g/mol. The monoisotopic (exact) mass is 368 g/mol. The fraction of sp³-hybridized carbons (Fsp3) is 0.357. The van der Waals surface area contributed by atoms with Crippen molar-refractivity contribution in [1.82, 2.24) is 0 Å². The lowest BCUT2D eigenvalue weighted by atomic mass is 10.0. The zero-order valence-corrected chi connectivity index (χ0v) is 17.4. The summed E-state index contributed by atoms with van der Waals surface area (Å²) >= 11 is 0. The predicted molar refractivity (Wildman–Crippen MR) is 122 cm³/mol. The Morgan fingerprint density at radius 3 is 1.57 bits per heavy atom. The van der Waals surface area contributed by atoms with Gasteiger partial charge in [0.05, 0.1) is 0 Å². The third kappa shape index (κ3) is 8.79. The van der Waals surface area contributed by atoms with E-state index in [-0.39, 0.29) is 0 Å². The van der Waals surface area contributed by atoms with E-state index in [1.165, 1.54) is 56.1 Å². The number of benzene rings is 2. The second-order valence-corrected chi connectivity index (χ2v) is 7.18. The molecule has 0 aliphatic heterocycles. The molecule has 0 fully saturated rings. The molecule has 0 heterocycles. The van der Waals surface area contributed by atoms with E-state index in [4.69, 9.17) is 0 Å². The van der Waals surface area contributed by atoms with Gasteiger partial charge in [-0.25, -0.2) is 0 Å². The Kier molecular flexibility index (Phi) is 10.4. The molecule has 2 rings (SSSR count). The van der Waals surface area contributed by atoms with E-state index in [0.717, 1.165) is 17.5 Å². The molecule has 0 radical (unpaired) electrons. The predicted octanol–water partition coefficient (Wildman–Crippen LogP) is 7.11. The third-order valence-electron chi connectivity index (χ3n) is 4.70. The number of unbranched alkanes of at least 4 members (excludes halogenated alkanes) is 4. The summed E-state index contributed by atoms with van der Waals surface area (Å²) in [5, 5.41) is 0. The fourth-order valence-electron chi connectivity index (χ4n) is 3.06. The molecule has 0 bridgehead atoms. The Morgan fingerprint density at radius 2 is 1.07 bits per heavy atom. The van der Waals surface area contributed by atoms with Gasteiger partial charge in [-0.05, 0) is 66.8 Å². The van der Waals surface area contributed by atoms with Crippen LogP contribution in [-0.4, -0.2) is 0 Å². The zero-order valence-electron chi connectivity index (χ0n) is 17.4. The van der Waals surface area contributed by atoms with Crippen LogP contribution in [0, 0.1) is 23.7 Å². The number of hydrogen-bond acceptors (Lipinski definition) is 0. The molecule has 0 unspecified atom stereocenters. The standard InChI is InChI=1S/C28H32/c1-3-5-6-7-10-14-27-21-23-28(24-22-27)16-12-9-8-11-15-26-19-17-25(13-4-2)18-20-26/h8-9,17-24H,3-7,10,13-14H2,1-2H3. The summed E-state index contributed by atoms with van der Waals surface area (Å²) in [6.45, 7) is 4.46. The lowest BCUT2D eigenvalue weighted by molar-refractivity contribution is 0.632. The molecule has 0 aliphatic carbocycles. The Morgan fingerprint density at radius 1 is 0.571 bits per heavy atom. The first-order valence-electron chi connectivity index (χ1n) is 10.7. The normalized spacial score (nSPS) is 10.2. The van der Waals surface area contributed by atoms with Crippen LogP contribution < -0.4 is 0 Å². The van der Waals surface area contributed by atoms with Crippen molar-refractivity contribution in [1.29, 1.82) is 0 Å². The molecule has 0 saturated carbocycles. The molecular weight excluding hydrogens is 336 g/mol. The van der Waals surface area contributed by atoms with E-state index in [1.54, 1.807) is 0 Å². The molecule has 0 saturated heterocycles. The minimum atomic E-state index is 1.04. The molecular formula is C28H32. The van der Waals surface area contributed by atoms with E-state index in [0.29, 0.717) is 0 Å². The first kappa shape index (κ1) is 21.6. The van der Waals surface area contributed by atoms with Crippen LogP contribution in [0.5, 0.6) is 0 Å². The van der Waals surface area contributed by atoms with Crippen molar-refractivity contribution in [2.75, 3.05) is 0 Å². The van der Waals surface area contributed by atoms with Crippen LogP contribution >= 0.6 is 0 Å². The highest BCUT2D eigenvalue weighted by Gasteiger charge is 1.94. The van der Waals surface area contributed by atoms with Crippen LogP contribution in [0.15, 0.2) is 60.7 Å². The largest absolute Gasteiger partial charge is 0.0689 e. The highest BCUT2D eigenvalue weighted by Crippen LogP contribution is 2.10. The molecule has 144 valence electrons. The van der Waals surface area contributed by atoms with Crippen molar-refractivity contribution < 1.29 is 0 Å². The smallest absolute Gasteiger partial charge is 0.0249 e. The van der Waals surface area contributed by atoms with Crippen LogP contribution in [0.4, 0.5) is 0 Å². The molecule has 0 spiro atoms. The number of aryl methyl sites for hydroxylation is 2. The van der Waals surface area contributed by atoms with Gasteiger partial charge in [0.15, 0.2) is 0 Å². The van der Waals surface area contributed by atoms with Gasteiger partial charge in [-0.1, -0.05) is 93.9 Å². The first-order chi connectivity index (χ1) is 13.8. The molecule has 0 atom stereocenters. The van der Waals surface area contributed by atoms with Crippen molar-refractivity contribution in [3.05, 3.63) is 82.9 Å². The van der Waals surface area contributed by atoms with Gasteiger partial charge >= 0.3 is 0 Å². The second-order valence-electron chi connectivity index (χ2n) is 7.18. The van der Waals surface area contributed by atoms with Gasteiger partial charge in [0.25, 0.3) is 0 Å². The molecule has 28 heavy (non-hydrogen) atoms. The van der Waals surface area contributed by atoms with Crippen molar-refractivity contribution in [3.8, 4) is 23.7 Å². The summed E-state index contributed by atoms with van der Waals surface area (Å²) in [5.74, 6) is 12.4. The summed E-state index contributed by atoms with van der Waals surface area (Å²) in [5.41, 5.74) is 4.88. The van der Waals surface area contributed by atoms with Crippen LogP contribution in [-0.2, 0) is 12.8 Å². The van der Waals surface area contributed by atoms with Gasteiger partial charge < -0.3 is 0 Å². The summed E-state index contributed by atoms with van der Waals surface area (Å²) < 4.78 is 0. The SMILES string of the molecule is CCCCCCCc1ccc(C#CC=CC#Cc2ccc(CCC)cc2)cc1. The van der Waals surface area contributed by atoms with Crippen LogP contribution in [0.3, 0.4) is 0 Å². The van der Waals surface area contributed by atoms with Gasteiger partial charge in [-0.3, -0.25) is 0 Å². The molecule has 0 N–H and O–H groups in total. The van der Waals surface area contributed by atoms with Crippen molar-refractivity contribution in [3.63, 3.8) is 0 Å². The molecule has 0 amide bonds. The topological polar surface area (TPSA) is 0 Å². The molecule has 2 aromatic rings. The van der Waals surface area contributed by atoms with Crippen molar-refractivity contribution in [2.24, 2.45) is 0 Å². The first-order valence-corrected chi connectivity index (χ1v) is 10.7. The van der Waals surface area contributed by atoms with Gasteiger partial charge in [0, 0.05) is 11.1 Å². The van der Waals surface area contributed by atoms with E-state index < -0.39 is 0 Å². The van der Waals surface area contributed by atoms with E-state index in [2.05, 4.69) is 86.1 Å². The Balaban J connectivity index is 1.77. The maximum Gasteiger partial charge on any atom is 0.0249 e. The maximum absolute atomic E-state index is 3.17. The van der Waals surface area contributed by atoms with Gasteiger partial charge in [-0.2, -0.15) is 0 Å². The summed E-state index contributed by atoms with van der Waals surface area (Å²) in [6, 6.07) is 17.1. The maximum atomic E-state index is 3.17. The summed E-state index contributed by atoms with van der Waals surface area (Å²) in [4.78, 5) is 0. The van der Waals surface area contributed by atoms with Gasteiger partial charge in [0.2, 0.25) is 0 Å². The Bertz CT molecular complexity index is 827. The van der Waals surface area contributed by atoms with Crippen LogP contribution in [0.1, 0.15) is 74.6 Å². The van der Waals surface area contributed by atoms with Crippen LogP contribution in [0.2, 0.25) is 0 Å².